The van der Waals surface area contributed by atoms with E-state index in [9.17, 15) is 0 Å². The quantitative estimate of drug-likeness (QED) is 0.405. The first-order chi connectivity index (χ1) is 11.8. The fraction of sp³-hybridized carbons (Fsp3) is 0.0476. The van der Waals surface area contributed by atoms with Gasteiger partial charge in [-0.05, 0) is 51.2 Å². The Morgan fingerprint density at radius 2 is 1.21 bits per heavy atom. The Bertz CT molecular complexity index is 986. The maximum Gasteiger partial charge on any atom is 0.0750 e. The molecule has 0 atom stereocenters. The van der Waals surface area contributed by atoms with Gasteiger partial charge >= 0.3 is 0 Å². The van der Waals surface area contributed by atoms with Crippen LogP contribution in [0.2, 0.25) is 0 Å². The second-order valence-electron chi connectivity index (χ2n) is 6.03. The average molecular weight is 345 g/mol. The van der Waals surface area contributed by atoms with Crippen LogP contribution in [-0.4, -0.2) is 0 Å². The molecular weight excluding hydrogens is 330 g/mol. The van der Waals surface area contributed by atoms with Crippen LogP contribution in [0.25, 0.3) is 9.75 Å². The summed E-state index contributed by atoms with van der Waals surface area (Å²) >= 11 is 3.65. The van der Waals surface area contributed by atoms with Gasteiger partial charge in [0.2, 0.25) is 0 Å². The third kappa shape index (κ3) is 1.63. The van der Waals surface area contributed by atoms with E-state index in [-0.39, 0.29) is 5.41 Å². The molecular formula is C21H15NS2. The summed E-state index contributed by atoms with van der Waals surface area (Å²) < 4.78 is 0. The molecule has 0 unspecified atom stereocenters. The van der Waals surface area contributed by atoms with Crippen molar-refractivity contribution in [1.82, 2.24) is 0 Å². The van der Waals surface area contributed by atoms with E-state index in [2.05, 4.69) is 65.4 Å². The maximum absolute atomic E-state index is 6.48. The molecule has 116 valence electrons. The van der Waals surface area contributed by atoms with Crippen molar-refractivity contribution in [3.8, 4) is 9.75 Å². The van der Waals surface area contributed by atoms with Crippen molar-refractivity contribution in [1.29, 1.82) is 0 Å². The molecule has 0 spiro atoms. The molecule has 0 aliphatic heterocycles. The number of nitrogens with two attached hydrogens (primary N) is 1. The summed E-state index contributed by atoms with van der Waals surface area (Å²) in [6.45, 7) is 0. The highest BCUT2D eigenvalue weighted by Gasteiger charge is 2.48. The minimum Gasteiger partial charge on any atom is -0.398 e. The van der Waals surface area contributed by atoms with E-state index in [4.69, 9.17) is 5.73 Å². The van der Waals surface area contributed by atoms with Gasteiger partial charge in [-0.15, -0.1) is 22.7 Å². The molecule has 2 aromatic heterocycles. The first-order valence-corrected chi connectivity index (χ1v) is 9.66. The van der Waals surface area contributed by atoms with Crippen molar-refractivity contribution in [3.05, 3.63) is 99.7 Å². The predicted molar refractivity (Wildman–Crippen MR) is 104 cm³/mol. The predicted octanol–water partition coefficient (Wildman–Crippen LogP) is 5.75. The molecule has 0 fully saturated rings. The van der Waals surface area contributed by atoms with Gasteiger partial charge in [0.1, 0.15) is 0 Å². The maximum atomic E-state index is 6.48. The third-order valence-corrected chi connectivity index (χ3v) is 6.91. The summed E-state index contributed by atoms with van der Waals surface area (Å²) in [6, 6.07) is 23.6. The first kappa shape index (κ1) is 14.0. The minimum atomic E-state index is -0.308. The lowest BCUT2D eigenvalue weighted by atomic mass is 9.68. The topological polar surface area (TPSA) is 26.0 Å². The molecule has 24 heavy (non-hydrogen) atoms. The molecule has 1 nitrogen and oxygen atoms in total. The van der Waals surface area contributed by atoms with Crippen LogP contribution in [0.15, 0.2) is 77.5 Å². The molecule has 5 rings (SSSR count). The van der Waals surface area contributed by atoms with Gasteiger partial charge in [0.25, 0.3) is 0 Å². The van der Waals surface area contributed by atoms with Crippen molar-refractivity contribution in [2.45, 2.75) is 5.41 Å². The highest BCUT2D eigenvalue weighted by molar-refractivity contribution is 7.21. The number of thiophene rings is 2. The largest absolute Gasteiger partial charge is 0.398 e. The van der Waals surface area contributed by atoms with Crippen LogP contribution in [0, 0.1) is 0 Å². The van der Waals surface area contributed by atoms with Crippen LogP contribution >= 0.6 is 22.7 Å². The van der Waals surface area contributed by atoms with E-state index in [0.717, 1.165) is 5.69 Å². The van der Waals surface area contributed by atoms with Gasteiger partial charge in [-0.2, -0.15) is 0 Å². The lowest BCUT2D eigenvalue weighted by Crippen LogP contribution is -2.29. The zero-order valence-corrected chi connectivity index (χ0v) is 14.5. The summed E-state index contributed by atoms with van der Waals surface area (Å²) in [7, 11) is 0. The fourth-order valence-electron chi connectivity index (χ4n) is 3.99. The number of hydrogen-bond acceptors (Lipinski definition) is 3. The molecule has 2 aromatic carbocycles. The Balaban J connectivity index is 1.98. The summed E-state index contributed by atoms with van der Waals surface area (Å²) in [5.41, 5.74) is 12.2. The van der Waals surface area contributed by atoms with Gasteiger partial charge in [-0.3, -0.25) is 0 Å². The van der Waals surface area contributed by atoms with Crippen LogP contribution in [0.5, 0.6) is 0 Å². The Kier molecular flexibility index (Phi) is 2.96. The van der Waals surface area contributed by atoms with E-state index in [1.807, 2.05) is 34.8 Å². The standard InChI is InChI=1S/C21H15NS2/c22-18-9-5-4-8-15(18)21(14-6-2-1-3-7-14)16-10-12-23-19(16)20-17(21)11-13-24-20/h1-13H,22H2. The molecule has 4 aromatic rings. The van der Waals surface area contributed by atoms with Gasteiger partial charge in [-0.1, -0.05) is 48.5 Å². The van der Waals surface area contributed by atoms with Gasteiger partial charge in [-0.25, -0.2) is 0 Å². The van der Waals surface area contributed by atoms with E-state index < -0.39 is 0 Å². The summed E-state index contributed by atoms with van der Waals surface area (Å²) in [6.07, 6.45) is 0. The zero-order valence-electron chi connectivity index (χ0n) is 12.9. The molecule has 1 aliphatic carbocycles. The van der Waals surface area contributed by atoms with Crippen LogP contribution in [0.4, 0.5) is 5.69 Å². The molecule has 2 N–H and O–H groups in total. The Morgan fingerprint density at radius 3 is 1.83 bits per heavy atom. The number of hydrogen-bond donors (Lipinski definition) is 1. The number of anilines is 1. The van der Waals surface area contributed by atoms with Crippen LogP contribution in [-0.2, 0) is 5.41 Å². The number of para-hydroxylation sites is 1. The summed E-state index contributed by atoms with van der Waals surface area (Å²) in [4.78, 5) is 2.76. The van der Waals surface area contributed by atoms with Crippen LogP contribution in [0.3, 0.4) is 0 Å². The Morgan fingerprint density at radius 1 is 0.625 bits per heavy atom. The van der Waals surface area contributed by atoms with Crippen LogP contribution < -0.4 is 5.73 Å². The molecule has 0 radical (unpaired) electrons. The molecule has 0 saturated heterocycles. The molecule has 3 heteroatoms. The number of rotatable bonds is 2. The zero-order chi connectivity index (χ0) is 16.1. The Labute approximate surface area is 149 Å². The van der Waals surface area contributed by atoms with Crippen molar-refractivity contribution in [3.63, 3.8) is 0 Å². The van der Waals surface area contributed by atoms with Gasteiger partial charge in [0.15, 0.2) is 0 Å². The Hall–Kier alpha value is -2.36. The number of nitrogen functional groups attached to an aromatic ring is 1. The van der Waals surface area contributed by atoms with Crippen LogP contribution in [0.1, 0.15) is 22.3 Å². The molecule has 2 heterocycles. The number of benzene rings is 2. The van der Waals surface area contributed by atoms with Crippen molar-refractivity contribution >= 4 is 28.4 Å². The summed E-state index contributed by atoms with van der Waals surface area (Å²) in [5.74, 6) is 0. The van der Waals surface area contributed by atoms with E-state index in [1.165, 1.54) is 32.0 Å². The van der Waals surface area contributed by atoms with E-state index >= 15 is 0 Å². The highest BCUT2D eigenvalue weighted by atomic mass is 32.1. The van der Waals surface area contributed by atoms with Crippen molar-refractivity contribution in [2.75, 3.05) is 5.73 Å². The van der Waals surface area contributed by atoms with E-state index in [1.54, 1.807) is 0 Å². The second kappa shape index (κ2) is 5.07. The number of fused-ring (bicyclic) bond motifs is 3. The van der Waals surface area contributed by atoms with Gasteiger partial charge < -0.3 is 5.73 Å². The second-order valence-corrected chi connectivity index (χ2v) is 7.86. The molecule has 0 saturated carbocycles. The minimum absolute atomic E-state index is 0.308. The lowest BCUT2D eigenvalue weighted by molar-refractivity contribution is 0.775. The van der Waals surface area contributed by atoms with Crippen molar-refractivity contribution < 1.29 is 0 Å². The molecule has 0 bridgehead atoms. The smallest absolute Gasteiger partial charge is 0.0750 e. The van der Waals surface area contributed by atoms with Crippen molar-refractivity contribution in [2.24, 2.45) is 0 Å². The third-order valence-electron chi connectivity index (χ3n) is 4.92. The fourth-order valence-corrected chi connectivity index (χ4v) is 6.09. The van der Waals surface area contributed by atoms with Gasteiger partial charge in [0.05, 0.1) is 5.41 Å². The molecule has 1 aliphatic rings. The average Bonchev–Trinajstić information content (AvgIpc) is 3.31. The summed E-state index contributed by atoms with van der Waals surface area (Å²) in [5, 5.41) is 4.40. The highest BCUT2D eigenvalue weighted by Crippen LogP contribution is 2.60. The lowest BCUT2D eigenvalue weighted by Gasteiger charge is -2.33. The van der Waals surface area contributed by atoms with E-state index in [0.29, 0.717) is 0 Å². The first-order valence-electron chi connectivity index (χ1n) is 7.90. The van der Waals surface area contributed by atoms with Gasteiger partial charge in [0, 0.05) is 15.4 Å². The molecule has 0 amide bonds. The SMILES string of the molecule is Nc1ccccc1C1(c2ccccc2)c2ccsc2-c2sccc21. The normalized spacial score (nSPS) is 14.3. The monoisotopic (exact) mass is 345 g/mol.